The topological polar surface area (TPSA) is 73.7 Å². The Hall–Kier alpha value is -2.23. The average Bonchev–Trinajstić information content (AvgIpc) is 3.09. The van der Waals surface area contributed by atoms with Crippen molar-refractivity contribution in [1.29, 1.82) is 0 Å². The Balaban J connectivity index is 1.63. The number of thioether (sulfide) groups is 1. The molecule has 0 saturated heterocycles. The van der Waals surface area contributed by atoms with Crippen LogP contribution in [0.1, 0.15) is 19.2 Å². The highest BCUT2D eigenvalue weighted by Crippen LogP contribution is 2.35. The number of fused-ring (bicyclic) bond motifs is 2. The van der Waals surface area contributed by atoms with Crippen LogP contribution >= 0.6 is 11.8 Å². The molecule has 0 unspecified atom stereocenters. The Morgan fingerprint density at radius 3 is 2.60 bits per heavy atom. The van der Waals surface area contributed by atoms with Gasteiger partial charge in [-0.05, 0) is 42.8 Å². The molecular formula is C21H25N3O4S2. The number of benzene rings is 2. The second-order valence-electron chi connectivity index (χ2n) is 7.21. The number of aromatic nitrogens is 2. The van der Waals surface area contributed by atoms with E-state index < -0.39 is 10.0 Å². The fourth-order valence-electron chi connectivity index (χ4n) is 3.38. The van der Waals surface area contributed by atoms with E-state index in [4.69, 9.17) is 14.5 Å². The largest absolute Gasteiger partial charge is 0.486 e. The van der Waals surface area contributed by atoms with Gasteiger partial charge >= 0.3 is 0 Å². The summed E-state index contributed by atoms with van der Waals surface area (Å²) in [4.78, 5) is 6.10. The fraction of sp³-hybridized carbons (Fsp3) is 0.381. The molecular weight excluding hydrogens is 422 g/mol. The maximum absolute atomic E-state index is 12.5. The molecule has 2 aromatic carbocycles. The number of sulfonamides is 1. The van der Waals surface area contributed by atoms with Gasteiger partial charge < -0.3 is 14.0 Å². The number of ether oxygens (including phenoxy) is 2. The first-order valence-electron chi connectivity index (χ1n) is 9.84. The molecule has 0 N–H and O–H groups in total. The lowest BCUT2D eigenvalue weighted by Crippen LogP contribution is -2.22. The Morgan fingerprint density at radius 1 is 1.10 bits per heavy atom. The third-order valence-corrected chi connectivity index (χ3v) is 7.71. The minimum Gasteiger partial charge on any atom is -0.486 e. The van der Waals surface area contributed by atoms with Crippen LogP contribution in [0.25, 0.3) is 11.0 Å². The SMILES string of the molecule is CCCn1c(CSc2ccc3c(c2)OCCO3)nc2cc(S(=O)(=O)N(C)C)ccc21. The van der Waals surface area contributed by atoms with Gasteiger partial charge in [0.2, 0.25) is 10.0 Å². The van der Waals surface area contributed by atoms with Crippen LogP contribution in [0.4, 0.5) is 0 Å². The molecule has 7 nitrogen and oxygen atoms in total. The molecule has 0 aliphatic carbocycles. The van der Waals surface area contributed by atoms with Crippen molar-refractivity contribution in [3.63, 3.8) is 0 Å². The van der Waals surface area contributed by atoms with Crippen molar-refractivity contribution in [2.45, 2.75) is 35.4 Å². The first-order valence-corrected chi connectivity index (χ1v) is 12.3. The van der Waals surface area contributed by atoms with Crippen LogP contribution in [0.3, 0.4) is 0 Å². The van der Waals surface area contributed by atoms with Crippen molar-refractivity contribution < 1.29 is 17.9 Å². The van der Waals surface area contributed by atoms with Crippen molar-refractivity contribution in [3.8, 4) is 11.5 Å². The molecule has 0 atom stereocenters. The highest BCUT2D eigenvalue weighted by molar-refractivity contribution is 7.98. The molecule has 0 radical (unpaired) electrons. The molecule has 0 spiro atoms. The van der Waals surface area contributed by atoms with E-state index >= 15 is 0 Å². The summed E-state index contributed by atoms with van der Waals surface area (Å²) in [5, 5.41) is 0. The van der Waals surface area contributed by atoms with Crippen molar-refractivity contribution >= 4 is 32.8 Å². The Labute approximate surface area is 181 Å². The van der Waals surface area contributed by atoms with Crippen LogP contribution in [0.5, 0.6) is 11.5 Å². The maximum Gasteiger partial charge on any atom is 0.242 e. The van der Waals surface area contributed by atoms with Gasteiger partial charge in [-0.3, -0.25) is 0 Å². The molecule has 0 bridgehead atoms. The molecule has 1 aromatic heterocycles. The predicted octanol–water partition coefficient (Wildman–Crippen LogP) is 3.76. The van der Waals surface area contributed by atoms with Gasteiger partial charge in [0.05, 0.1) is 21.7 Å². The predicted molar refractivity (Wildman–Crippen MR) is 118 cm³/mol. The van der Waals surface area contributed by atoms with Gasteiger partial charge in [-0.25, -0.2) is 17.7 Å². The number of hydrogen-bond acceptors (Lipinski definition) is 6. The van der Waals surface area contributed by atoms with Gasteiger partial charge in [0.15, 0.2) is 11.5 Å². The first kappa shape index (κ1) is 21.0. The second-order valence-corrected chi connectivity index (χ2v) is 10.4. The summed E-state index contributed by atoms with van der Waals surface area (Å²) in [6.45, 7) is 4.08. The van der Waals surface area contributed by atoms with E-state index in [1.807, 2.05) is 24.3 Å². The summed E-state index contributed by atoms with van der Waals surface area (Å²) in [5.74, 6) is 3.14. The van der Waals surface area contributed by atoms with Crippen molar-refractivity contribution in [1.82, 2.24) is 13.9 Å². The van der Waals surface area contributed by atoms with E-state index in [2.05, 4.69) is 11.5 Å². The quantitative estimate of drug-likeness (QED) is 0.514. The second kappa shape index (κ2) is 8.49. The first-order chi connectivity index (χ1) is 14.4. The van der Waals surface area contributed by atoms with Crippen LogP contribution in [0.15, 0.2) is 46.2 Å². The smallest absolute Gasteiger partial charge is 0.242 e. The van der Waals surface area contributed by atoms with Crippen LogP contribution in [-0.2, 0) is 22.3 Å². The third kappa shape index (κ3) is 4.01. The lowest BCUT2D eigenvalue weighted by molar-refractivity contribution is 0.171. The molecule has 0 saturated carbocycles. The van der Waals surface area contributed by atoms with E-state index in [0.717, 1.165) is 40.7 Å². The van der Waals surface area contributed by atoms with E-state index in [9.17, 15) is 8.42 Å². The normalized spacial score (nSPS) is 13.9. The molecule has 2 heterocycles. The number of rotatable bonds is 7. The van der Waals surface area contributed by atoms with Crippen molar-refractivity contribution in [3.05, 3.63) is 42.2 Å². The van der Waals surface area contributed by atoms with Gasteiger partial charge in [0, 0.05) is 25.5 Å². The number of nitrogens with zero attached hydrogens (tertiary/aromatic N) is 3. The van der Waals surface area contributed by atoms with Gasteiger partial charge in [0.1, 0.15) is 19.0 Å². The zero-order valence-corrected chi connectivity index (χ0v) is 18.9. The maximum atomic E-state index is 12.5. The van der Waals surface area contributed by atoms with E-state index in [-0.39, 0.29) is 4.90 Å². The van der Waals surface area contributed by atoms with Crippen LogP contribution in [0, 0.1) is 0 Å². The van der Waals surface area contributed by atoms with Crippen LogP contribution < -0.4 is 9.47 Å². The highest BCUT2D eigenvalue weighted by Gasteiger charge is 2.20. The zero-order valence-electron chi connectivity index (χ0n) is 17.3. The van der Waals surface area contributed by atoms with Crippen LogP contribution in [-0.4, -0.2) is 49.6 Å². The van der Waals surface area contributed by atoms with Gasteiger partial charge in [-0.1, -0.05) is 6.92 Å². The number of imidazole rings is 1. The third-order valence-electron chi connectivity index (χ3n) is 4.91. The fourth-order valence-corrected chi connectivity index (χ4v) is 5.17. The summed E-state index contributed by atoms with van der Waals surface area (Å²) >= 11 is 1.67. The molecule has 0 amide bonds. The van der Waals surface area contributed by atoms with Crippen molar-refractivity contribution in [2.24, 2.45) is 0 Å². The van der Waals surface area contributed by atoms with E-state index in [1.165, 1.54) is 18.4 Å². The standard InChI is InChI=1S/C21H25N3O4S2/c1-4-9-24-18-7-6-16(30(25,26)23(2)3)13-17(18)22-21(24)14-29-15-5-8-19-20(12-15)28-11-10-27-19/h5-8,12-13H,4,9-11,14H2,1-3H3. The summed E-state index contributed by atoms with van der Waals surface area (Å²) in [6.07, 6.45) is 0.963. The minimum atomic E-state index is -3.50. The molecule has 1 aliphatic heterocycles. The lowest BCUT2D eigenvalue weighted by atomic mass is 10.3. The Bertz CT molecular complexity index is 1170. The summed E-state index contributed by atoms with van der Waals surface area (Å²) in [7, 11) is -0.430. The molecule has 160 valence electrons. The average molecular weight is 448 g/mol. The summed E-state index contributed by atoms with van der Waals surface area (Å²) < 4.78 is 39.6. The number of aryl methyl sites for hydroxylation is 1. The Kier molecular flexibility index (Phi) is 5.95. The molecule has 3 aromatic rings. The lowest BCUT2D eigenvalue weighted by Gasteiger charge is -2.18. The molecule has 4 rings (SSSR count). The molecule has 1 aliphatic rings. The molecule has 9 heteroatoms. The monoisotopic (exact) mass is 447 g/mol. The Morgan fingerprint density at radius 2 is 1.87 bits per heavy atom. The van der Waals surface area contributed by atoms with Crippen LogP contribution in [0.2, 0.25) is 0 Å². The van der Waals surface area contributed by atoms with E-state index in [1.54, 1.807) is 23.9 Å². The highest BCUT2D eigenvalue weighted by atomic mass is 32.2. The van der Waals surface area contributed by atoms with Crippen molar-refractivity contribution in [2.75, 3.05) is 27.3 Å². The van der Waals surface area contributed by atoms with Gasteiger partial charge in [0.25, 0.3) is 0 Å². The van der Waals surface area contributed by atoms with E-state index in [0.29, 0.717) is 24.5 Å². The number of hydrogen-bond donors (Lipinski definition) is 0. The summed E-state index contributed by atoms with van der Waals surface area (Å²) in [6, 6.07) is 11.1. The zero-order chi connectivity index (χ0) is 21.3. The van der Waals surface area contributed by atoms with Gasteiger partial charge in [-0.15, -0.1) is 11.8 Å². The van der Waals surface area contributed by atoms with Gasteiger partial charge in [-0.2, -0.15) is 0 Å². The molecule has 0 fully saturated rings. The minimum absolute atomic E-state index is 0.257. The summed E-state index contributed by atoms with van der Waals surface area (Å²) in [5.41, 5.74) is 1.65. The molecule has 30 heavy (non-hydrogen) atoms.